The van der Waals surface area contributed by atoms with E-state index in [4.69, 9.17) is 16.3 Å². The molecule has 0 aliphatic heterocycles. The van der Waals surface area contributed by atoms with Crippen LogP contribution in [0.2, 0.25) is 5.02 Å². The Morgan fingerprint density at radius 2 is 1.76 bits per heavy atom. The molecular formula is C16H14ClF3O. The van der Waals surface area contributed by atoms with Crippen molar-refractivity contribution >= 4 is 11.6 Å². The molecule has 0 aliphatic rings. The van der Waals surface area contributed by atoms with Crippen LogP contribution in [0.4, 0.5) is 13.2 Å². The molecule has 0 fully saturated rings. The third-order valence-corrected chi connectivity index (χ3v) is 3.49. The van der Waals surface area contributed by atoms with Gasteiger partial charge in [-0.2, -0.15) is 0 Å². The van der Waals surface area contributed by atoms with Crippen LogP contribution in [0.1, 0.15) is 24.8 Å². The number of hydrogen-bond donors (Lipinski definition) is 0. The Morgan fingerprint density at radius 3 is 2.29 bits per heavy atom. The van der Waals surface area contributed by atoms with Gasteiger partial charge in [-0.25, -0.2) is 13.2 Å². The van der Waals surface area contributed by atoms with Gasteiger partial charge < -0.3 is 4.74 Å². The van der Waals surface area contributed by atoms with Crippen LogP contribution >= 0.6 is 11.6 Å². The van der Waals surface area contributed by atoms with Gasteiger partial charge in [0.15, 0.2) is 11.6 Å². The van der Waals surface area contributed by atoms with E-state index in [0.29, 0.717) is 17.7 Å². The zero-order valence-corrected chi connectivity index (χ0v) is 12.1. The number of para-hydroxylation sites is 1. The van der Waals surface area contributed by atoms with Crippen molar-refractivity contribution in [3.63, 3.8) is 0 Å². The lowest BCUT2D eigenvalue weighted by molar-refractivity contribution is 0.112. The molecule has 1 unspecified atom stereocenters. The summed E-state index contributed by atoms with van der Waals surface area (Å²) >= 11 is 5.86. The molecule has 0 aromatic heterocycles. The summed E-state index contributed by atoms with van der Waals surface area (Å²) in [7, 11) is 0. The van der Waals surface area contributed by atoms with Gasteiger partial charge in [-0.15, -0.1) is 0 Å². The molecule has 0 saturated heterocycles. The summed E-state index contributed by atoms with van der Waals surface area (Å²) < 4.78 is 44.7. The van der Waals surface area contributed by atoms with Gasteiger partial charge in [0.1, 0.15) is 5.75 Å². The van der Waals surface area contributed by atoms with Gasteiger partial charge >= 0.3 is 0 Å². The normalized spacial score (nSPS) is 12.5. The van der Waals surface area contributed by atoms with Crippen molar-refractivity contribution in [2.75, 3.05) is 0 Å². The minimum atomic E-state index is -2.41. The van der Waals surface area contributed by atoms with Gasteiger partial charge in [-0.1, -0.05) is 36.7 Å². The van der Waals surface area contributed by atoms with E-state index >= 15 is 0 Å². The molecule has 0 N–H and O–H groups in total. The standard InChI is InChI=1S/C16H14ClF3O/c1-2-12(16(19)20)10-6-8-11(9-7-10)21-15-13(17)4-3-5-14(15)18/h3-9,12,16H,2H2,1H3. The molecule has 0 spiro atoms. The van der Waals surface area contributed by atoms with E-state index in [1.54, 1.807) is 19.1 Å². The second kappa shape index (κ2) is 6.85. The molecule has 2 aromatic carbocycles. The highest BCUT2D eigenvalue weighted by Gasteiger charge is 2.20. The maximum absolute atomic E-state index is 13.6. The first-order valence-electron chi connectivity index (χ1n) is 6.53. The average molecular weight is 315 g/mol. The minimum Gasteiger partial charge on any atom is -0.453 e. The van der Waals surface area contributed by atoms with Crippen molar-refractivity contribution in [3.8, 4) is 11.5 Å². The van der Waals surface area contributed by atoms with Crippen LogP contribution < -0.4 is 4.74 Å². The molecule has 2 rings (SSSR count). The maximum Gasteiger partial charge on any atom is 0.245 e. The Kier molecular flexibility index (Phi) is 5.12. The van der Waals surface area contributed by atoms with Gasteiger partial charge in [0.05, 0.1) is 5.02 Å². The van der Waals surface area contributed by atoms with E-state index in [1.165, 1.54) is 30.3 Å². The van der Waals surface area contributed by atoms with E-state index in [-0.39, 0.29) is 10.8 Å². The Balaban J connectivity index is 2.20. The molecule has 0 amide bonds. The predicted octanol–water partition coefficient (Wildman–Crippen LogP) is 6.03. The number of halogens is 4. The van der Waals surface area contributed by atoms with Crippen LogP contribution in [0, 0.1) is 5.82 Å². The smallest absolute Gasteiger partial charge is 0.245 e. The summed E-state index contributed by atoms with van der Waals surface area (Å²) in [5.74, 6) is -1.12. The van der Waals surface area contributed by atoms with Crippen LogP contribution in [0.15, 0.2) is 42.5 Å². The second-order valence-electron chi connectivity index (χ2n) is 4.57. The molecular weight excluding hydrogens is 301 g/mol. The average Bonchev–Trinajstić information content (AvgIpc) is 2.45. The van der Waals surface area contributed by atoms with Crippen LogP contribution in [-0.4, -0.2) is 6.43 Å². The number of rotatable bonds is 5. The van der Waals surface area contributed by atoms with Crippen LogP contribution in [0.3, 0.4) is 0 Å². The highest BCUT2D eigenvalue weighted by Crippen LogP contribution is 2.33. The molecule has 0 heterocycles. The molecule has 0 saturated carbocycles. The SMILES string of the molecule is CCC(c1ccc(Oc2c(F)cccc2Cl)cc1)C(F)F. The van der Waals surface area contributed by atoms with Crippen LogP contribution in [0.25, 0.3) is 0 Å². The van der Waals surface area contributed by atoms with Crippen molar-refractivity contribution in [3.05, 3.63) is 58.9 Å². The number of alkyl halides is 2. The first-order chi connectivity index (χ1) is 10.0. The first-order valence-corrected chi connectivity index (χ1v) is 6.90. The Labute approximate surface area is 126 Å². The summed E-state index contributed by atoms with van der Waals surface area (Å²) in [5, 5.41) is 0.151. The summed E-state index contributed by atoms with van der Waals surface area (Å²) in [6.45, 7) is 1.71. The molecule has 21 heavy (non-hydrogen) atoms. The number of ether oxygens (including phenoxy) is 1. The number of hydrogen-bond acceptors (Lipinski definition) is 1. The van der Waals surface area contributed by atoms with Crippen molar-refractivity contribution in [1.82, 2.24) is 0 Å². The molecule has 0 aliphatic carbocycles. The lowest BCUT2D eigenvalue weighted by Crippen LogP contribution is -2.07. The first kappa shape index (κ1) is 15.7. The maximum atomic E-state index is 13.6. The fourth-order valence-electron chi connectivity index (χ4n) is 2.04. The Morgan fingerprint density at radius 1 is 1.10 bits per heavy atom. The topological polar surface area (TPSA) is 9.23 Å². The highest BCUT2D eigenvalue weighted by atomic mass is 35.5. The monoisotopic (exact) mass is 314 g/mol. The summed E-state index contributed by atoms with van der Waals surface area (Å²) in [6, 6.07) is 10.4. The largest absolute Gasteiger partial charge is 0.453 e. The fraction of sp³-hybridized carbons (Fsp3) is 0.250. The van der Waals surface area contributed by atoms with E-state index in [2.05, 4.69) is 0 Å². The number of benzene rings is 2. The molecule has 0 bridgehead atoms. The molecule has 112 valence electrons. The molecule has 0 radical (unpaired) electrons. The van der Waals surface area contributed by atoms with Gasteiger partial charge in [0, 0.05) is 5.92 Å². The third kappa shape index (κ3) is 3.70. The van der Waals surface area contributed by atoms with E-state index in [9.17, 15) is 13.2 Å². The second-order valence-corrected chi connectivity index (χ2v) is 4.98. The zero-order chi connectivity index (χ0) is 15.4. The molecule has 2 aromatic rings. The fourth-order valence-corrected chi connectivity index (χ4v) is 2.24. The van der Waals surface area contributed by atoms with Gasteiger partial charge in [0.2, 0.25) is 6.43 Å². The van der Waals surface area contributed by atoms with Gasteiger partial charge in [0.25, 0.3) is 0 Å². The van der Waals surface area contributed by atoms with Crippen molar-refractivity contribution in [1.29, 1.82) is 0 Å². The zero-order valence-electron chi connectivity index (χ0n) is 11.3. The summed E-state index contributed by atoms with van der Waals surface area (Å²) in [4.78, 5) is 0. The minimum absolute atomic E-state index is 0.0761. The molecule has 1 nitrogen and oxygen atoms in total. The van der Waals surface area contributed by atoms with Crippen LogP contribution in [0.5, 0.6) is 11.5 Å². The Bertz CT molecular complexity index is 579. The van der Waals surface area contributed by atoms with Crippen molar-refractivity contribution in [2.45, 2.75) is 25.7 Å². The molecule has 1 atom stereocenters. The van der Waals surface area contributed by atoms with Gasteiger partial charge in [-0.3, -0.25) is 0 Å². The van der Waals surface area contributed by atoms with E-state index in [0.717, 1.165) is 0 Å². The van der Waals surface area contributed by atoms with Crippen molar-refractivity contribution in [2.24, 2.45) is 0 Å². The Hall–Kier alpha value is -1.68. The highest BCUT2D eigenvalue weighted by molar-refractivity contribution is 6.32. The lowest BCUT2D eigenvalue weighted by atomic mass is 9.97. The van der Waals surface area contributed by atoms with Crippen molar-refractivity contribution < 1.29 is 17.9 Å². The lowest BCUT2D eigenvalue weighted by Gasteiger charge is -2.15. The quantitative estimate of drug-likeness (QED) is 0.654. The summed E-state index contributed by atoms with van der Waals surface area (Å²) in [6.07, 6.45) is -2.07. The summed E-state index contributed by atoms with van der Waals surface area (Å²) in [5.41, 5.74) is 0.527. The van der Waals surface area contributed by atoms with E-state index in [1.807, 2.05) is 0 Å². The van der Waals surface area contributed by atoms with Gasteiger partial charge in [-0.05, 0) is 36.2 Å². The third-order valence-electron chi connectivity index (χ3n) is 3.19. The molecule has 5 heteroatoms. The predicted molar refractivity (Wildman–Crippen MR) is 77.0 cm³/mol. The van der Waals surface area contributed by atoms with E-state index < -0.39 is 18.2 Å². The van der Waals surface area contributed by atoms with Crippen LogP contribution in [-0.2, 0) is 0 Å².